The molecule has 2 aromatic carbocycles. The van der Waals surface area contributed by atoms with E-state index in [-0.39, 0.29) is 0 Å². The predicted octanol–water partition coefficient (Wildman–Crippen LogP) is 3.78. The Morgan fingerprint density at radius 2 is 1.81 bits per heavy atom. The first-order valence-corrected chi connectivity index (χ1v) is 9.05. The minimum absolute atomic E-state index is 0.663. The molecule has 0 unspecified atom stereocenters. The summed E-state index contributed by atoms with van der Waals surface area (Å²) >= 11 is 1.60. The van der Waals surface area contributed by atoms with Crippen LogP contribution >= 0.6 is 11.8 Å². The zero-order chi connectivity index (χ0) is 18.4. The second-order valence-electron chi connectivity index (χ2n) is 5.47. The monoisotopic (exact) mass is 368 g/mol. The van der Waals surface area contributed by atoms with Gasteiger partial charge in [-0.05, 0) is 36.2 Å². The van der Waals surface area contributed by atoms with E-state index < -0.39 is 0 Å². The first-order chi connectivity index (χ1) is 12.7. The van der Waals surface area contributed by atoms with Crippen LogP contribution in [-0.2, 0) is 5.75 Å². The van der Waals surface area contributed by atoms with E-state index in [2.05, 4.69) is 27.4 Å². The first kappa shape index (κ1) is 18.0. The second kappa shape index (κ2) is 8.53. The Kier molecular flexibility index (Phi) is 5.91. The minimum atomic E-state index is 0.663. The summed E-state index contributed by atoms with van der Waals surface area (Å²) in [7, 11) is 3.23. The highest BCUT2D eigenvalue weighted by Crippen LogP contribution is 2.27. The summed E-state index contributed by atoms with van der Waals surface area (Å²) in [5.41, 5.74) is 2.13. The van der Waals surface area contributed by atoms with Crippen LogP contribution < -0.4 is 9.47 Å². The molecule has 0 amide bonds. The summed E-state index contributed by atoms with van der Waals surface area (Å²) in [5, 5.41) is 13.6. The van der Waals surface area contributed by atoms with Crippen molar-refractivity contribution in [2.24, 2.45) is 5.10 Å². The van der Waals surface area contributed by atoms with Crippen molar-refractivity contribution in [1.82, 2.24) is 14.9 Å². The highest BCUT2D eigenvalue weighted by molar-refractivity contribution is 7.98. The van der Waals surface area contributed by atoms with Gasteiger partial charge >= 0.3 is 0 Å². The van der Waals surface area contributed by atoms with E-state index in [1.165, 1.54) is 5.56 Å². The second-order valence-corrected chi connectivity index (χ2v) is 6.42. The lowest BCUT2D eigenvalue weighted by Gasteiger charge is -2.07. The van der Waals surface area contributed by atoms with Crippen LogP contribution in [-0.4, -0.2) is 35.3 Å². The number of aromatic nitrogens is 3. The van der Waals surface area contributed by atoms with Gasteiger partial charge in [0.15, 0.2) is 17.3 Å². The Bertz CT molecular complexity index is 894. The van der Waals surface area contributed by atoms with Gasteiger partial charge in [0.05, 0.1) is 20.4 Å². The maximum absolute atomic E-state index is 5.33. The molecular weight excluding hydrogens is 348 g/mol. The van der Waals surface area contributed by atoms with Gasteiger partial charge in [0.1, 0.15) is 0 Å². The molecule has 0 aliphatic rings. The Balaban J connectivity index is 1.77. The van der Waals surface area contributed by atoms with E-state index in [1.807, 2.05) is 43.3 Å². The van der Waals surface area contributed by atoms with Crippen LogP contribution in [0.1, 0.15) is 17.0 Å². The van der Waals surface area contributed by atoms with Gasteiger partial charge in [0, 0.05) is 5.75 Å². The standard InChI is InChI=1S/C19H20N4O2S/c1-14-21-22-19(26-13-15-7-5-4-6-8-15)23(14)20-12-16-9-10-17(24-2)18(11-16)25-3/h4-12H,13H2,1-3H3/b20-12+. The fourth-order valence-electron chi connectivity index (χ4n) is 2.34. The molecule has 0 fully saturated rings. The molecule has 0 radical (unpaired) electrons. The minimum Gasteiger partial charge on any atom is -0.493 e. The number of aryl methyl sites for hydroxylation is 1. The average Bonchev–Trinajstić information content (AvgIpc) is 3.04. The molecule has 0 saturated carbocycles. The van der Waals surface area contributed by atoms with Crippen molar-refractivity contribution < 1.29 is 9.47 Å². The van der Waals surface area contributed by atoms with Gasteiger partial charge in [0.25, 0.3) is 0 Å². The summed E-state index contributed by atoms with van der Waals surface area (Å²) in [6, 6.07) is 15.9. The molecule has 0 N–H and O–H groups in total. The molecule has 0 atom stereocenters. The normalized spacial score (nSPS) is 11.0. The zero-order valence-corrected chi connectivity index (χ0v) is 15.7. The van der Waals surface area contributed by atoms with Gasteiger partial charge in [-0.25, -0.2) is 0 Å². The molecule has 6 nitrogen and oxygen atoms in total. The van der Waals surface area contributed by atoms with Crippen LogP contribution in [0.2, 0.25) is 0 Å². The summed E-state index contributed by atoms with van der Waals surface area (Å²) < 4.78 is 12.3. The Morgan fingerprint density at radius 3 is 2.54 bits per heavy atom. The largest absolute Gasteiger partial charge is 0.493 e. The van der Waals surface area contributed by atoms with Gasteiger partial charge in [-0.2, -0.15) is 9.78 Å². The van der Waals surface area contributed by atoms with E-state index in [1.54, 1.807) is 36.9 Å². The fraction of sp³-hybridized carbons (Fsp3) is 0.211. The van der Waals surface area contributed by atoms with Crippen molar-refractivity contribution in [2.75, 3.05) is 14.2 Å². The van der Waals surface area contributed by atoms with Crippen LogP contribution in [0.15, 0.2) is 58.8 Å². The molecule has 134 valence electrons. The lowest BCUT2D eigenvalue weighted by molar-refractivity contribution is 0.355. The SMILES string of the molecule is COc1ccc(/C=N/n2c(C)nnc2SCc2ccccc2)cc1OC. The van der Waals surface area contributed by atoms with Crippen molar-refractivity contribution in [2.45, 2.75) is 17.8 Å². The molecule has 0 aliphatic heterocycles. The molecule has 7 heteroatoms. The quantitative estimate of drug-likeness (QED) is 0.469. The van der Waals surface area contributed by atoms with Crippen molar-refractivity contribution in [3.05, 3.63) is 65.5 Å². The van der Waals surface area contributed by atoms with Gasteiger partial charge in [0.2, 0.25) is 5.16 Å². The molecule has 0 aliphatic carbocycles. The number of thioether (sulfide) groups is 1. The number of methoxy groups -OCH3 is 2. The summed E-state index contributed by atoms with van der Waals surface area (Å²) in [6.45, 7) is 1.88. The third-order valence-electron chi connectivity index (χ3n) is 3.71. The van der Waals surface area contributed by atoms with Gasteiger partial charge in [-0.1, -0.05) is 42.1 Å². The molecule has 1 heterocycles. The maximum atomic E-state index is 5.33. The Labute approximate surface area is 156 Å². The number of rotatable bonds is 7. The van der Waals surface area contributed by atoms with Crippen LogP contribution in [0.4, 0.5) is 0 Å². The number of hydrogen-bond donors (Lipinski definition) is 0. The van der Waals surface area contributed by atoms with E-state index >= 15 is 0 Å². The Hall–Kier alpha value is -2.80. The topological polar surface area (TPSA) is 61.5 Å². The molecule has 0 spiro atoms. The van der Waals surface area contributed by atoms with E-state index in [9.17, 15) is 0 Å². The molecule has 0 saturated heterocycles. The molecule has 0 bridgehead atoms. The molecule has 1 aromatic heterocycles. The lowest BCUT2D eigenvalue weighted by Crippen LogP contribution is -1.97. The maximum Gasteiger partial charge on any atom is 0.212 e. The van der Waals surface area contributed by atoms with Gasteiger partial charge in [-0.15, -0.1) is 10.2 Å². The van der Waals surface area contributed by atoms with E-state index in [4.69, 9.17) is 9.47 Å². The highest BCUT2D eigenvalue weighted by Gasteiger charge is 2.09. The van der Waals surface area contributed by atoms with E-state index in [0.717, 1.165) is 22.3 Å². The number of nitrogens with zero attached hydrogens (tertiary/aromatic N) is 4. The predicted molar refractivity (Wildman–Crippen MR) is 103 cm³/mol. The summed E-state index contributed by atoms with van der Waals surface area (Å²) in [5.74, 6) is 2.89. The number of hydrogen-bond acceptors (Lipinski definition) is 6. The lowest BCUT2D eigenvalue weighted by atomic mass is 10.2. The molecule has 3 rings (SSSR count). The van der Waals surface area contributed by atoms with Crippen LogP contribution in [0.3, 0.4) is 0 Å². The van der Waals surface area contributed by atoms with Crippen LogP contribution in [0.5, 0.6) is 11.5 Å². The third-order valence-corrected chi connectivity index (χ3v) is 4.70. The molecule has 26 heavy (non-hydrogen) atoms. The number of ether oxygens (including phenoxy) is 2. The van der Waals surface area contributed by atoms with Crippen molar-refractivity contribution in [1.29, 1.82) is 0 Å². The molecule has 3 aromatic rings. The number of benzene rings is 2. The average molecular weight is 368 g/mol. The van der Waals surface area contributed by atoms with Gasteiger partial charge < -0.3 is 9.47 Å². The highest BCUT2D eigenvalue weighted by atomic mass is 32.2. The first-order valence-electron chi connectivity index (χ1n) is 8.06. The molecular formula is C19H20N4O2S. The van der Waals surface area contributed by atoms with Crippen LogP contribution in [0.25, 0.3) is 0 Å². The van der Waals surface area contributed by atoms with Gasteiger partial charge in [-0.3, -0.25) is 0 Å². The summed E-state index contributed by atoms with van der Waals surface area (Å²) in [4.78, 5) is 0. The zero-order valence-electron chi connectivity index (χ0n) is 14.9. The smallest absolute Gasteiger partial charge is 0.212 e. The third kappa shape index (κ3) is 4.23. The van der Waals surface area contributed by atoms with Crippen LogP contribution in [0, 0.1) is 6.92 Å². The van der Waals surface area contributed by atoms with Crippen molar-refractivity contribution >= 4 is 18.0 Å². The Morgan fingerprint density at radius 1 is 1.04 bits per heavy atom. The summed E-state index contributed by atoms with van der Waals surface area (Å²) in [6.07, 6.45) is 1.75. The van der Waals surface area contributed by atoms with Crippen molar-refractivity contribution in [3.63, 3.8) is 0 Å². The van der Waals surface area contributed by atoms with Crippen molar-refractivity contribution in [3.8, 4) is 11.5 Å². The van der Waals surface area contributed by atoms with E-state index in [0.29, 0.717) is 11.5 Å². The fourth-order valence-corrected chi connectivity index (χ4v) is 3.23.